The van der Waals surface area contributed by atoms with Crippen LogP contribution in [-0.2, 0) is 12.0 Å². The second-order valence-electron chi connectivity index (χ2n) is 6.34. The Morgan fingerprint density at radius 2 is 1.90 bits per heavy atom. The van der Waals surface area contributed by atoms with Crippen LogP contribution in [0, 0.1) is 6.92 Å². The Morgan fingerprint density at radius 1 is 1.14 bits per heavy atom. The van der Waals surface area contributed by atoms with E-state index in [1.54, 1.807) is 0 Å². The van der Waals surface area contributed by atoms with Crippen LogP contribution in [0.2, 0.25) is 0 Å². The van der Waals surface area contributed by atoms with Crippen LogP contribution in [0.25, 0.3) is 0 Å². The molecule has 0 saturated carbocycles. The SMILES string of the molecule is CNc1ccc(COc2cc(C)ccc2C(C)(C)C)cn1. The van der Waals surface area contributed by atoms with Gasteiger partial charge in [-0.15, -0.1) is 0 Å². The first-order valence-corrected chi connectivity index (χ1v) is 7.27. The Labute approximate surface area is 127 Å². The minimum Gasteiger partial charge on any atom is -0.489 e. The van der Waals surface area contributed by atoms with Gasteiger partial charge < -0.3 is 10.1 Å². The molecule has 2 aromatic rings. The number of pyridine rings is 1. The van der Waals surface area contributed by atoms with Crippen molar-refractivity contribution in [3.05, 3.63) is 53.2 Å². The Balaban J connectivity index is 2.17. The van der Waals surface area contributed by atoms with Crippen molar-refractivity contribution in [2.45, 2.75) is 39.7 Å². The number of hydrogen-bond donors (Lipinski definition) is 1. The predicted octanol–water partition coefficient (Wildman–Crippen LogP) is 4.31. The highest BCUT2D eigenvalue weighted by atomic mass is 16.5. The molecule has 112 valence electrons. The van der Waals surface area contributed by atoms with E-state index in [9.17, 15) is 0 Å². The van der Waals surface area contributed by atoms with Gasteiger partial charge in [-0.1, -0.05) is 39.0 Å². The third kappa shape index (κ3) is 3.97. The number of rotatable bonds is 4. The van der Waals surface area contributed by atoms with E-state index in [1.807, 2.05) is 25.4 Å². The number of ether oxygens (including phenoxy) is 1. The molecule has 0 unspecified atom stereocenters. The summed E-state index contributed by atoms with van der Waals surface area (Å²) in [7, 11) is 1.86. The molecule has 0 amide bonds. The molecule has 1 aromatic heterocycles. The highest BCUT2D eigenvalue weighted by Crippen LogP contribution is 2.32. The second kappa shape index (κ2) is 6.17. The number of hydrogen-bond acceptors (Lipinski definition) is 3. The topological polar surface area (TPSA) is 34.1 Å². The molecule has 3 nitrogen and oxygen atoms in total. The number of aromatic nitrogens is 1. The van der Waals surface area contributed by atoms with Gasteiger partial charge >= 0.3 is 0 Å². The summed E-state index contributed by atoms with van der Waals surface area (Å²) in [6, 6.07) is 10.4. The van der Waals surface area contributed by atoms with Crippen molar-refractivity contribution >= 4 is 5.82 Å². The average molecular weight is 284 g/mol. The molecule has 0 aliphatic carbocycles. The maximum absolute atomic E-state index is 6.04. The fraction of sp³-hybridized carbons (Fsp3) is 0.389. The number of aryl methyl sites for hydroxylation is 1. The summed E-state index contributed by atoms with van der Waals surface area (Å²) in [4.78, 5) is 4.31. The molecule has 1 aromatic carbocycles. The zero-order chi connectivity index (χ0) is 15.5. The van der Waals surface area contributed by atoms with Crippen molar-refractivity contribution in [1.29, 1.82) is 0 Å². The lowest BCUT2D eigenvalue weighted by atomic mass is 9.86. The van der Waals surface area contributed by atoms with E-state index in [1.165, 1.54) is 11.1 Å². The van der Waals surface area contributed by atoms with Gasteiger partial charge in [0.2, 0.25) is 0 Å². The number of nitrogens with one attached hydrogen (secondary N) is 1. The lowest BCUT2D eigenvalue weighted by Gasteiger charge is -2.23. The van der Waals surface area contributed by atoms with Crippen molar-refractivity contribution < 1.29 is 4.74 Å². The third-order valence-electron chi connectivity index (χ3n) is 3.42. The molecule has 2 rings (SSSR count). The quantitative estimate of drug-likeness (QED) is 0.908. The molecule has 21 heavy (non-hydrogen) atoms. The molecule has 0 saturated heterocycles. The van der Waals surface area contributed by atoms with E-state index in [2.05, 4.69) is 56.2 Å². The first kappa shape index (κ1) is 15.4. The highest BCUT2D eigenvalue weighted by molar-refractivity contribution is 5.41. The van der Waals surface area contributed by atoms with Gasteiger partial charge in [-0.3, -0.25) is 0 Å². The van der Waals surface area contributed by atoms with Gasteiger partial charge in [0.25, 0.3) is 0 Å². The molecule has 1 N–H and O–H groups in total. The van der Waals surface area contributed by atoms with Crippen molar-refractivity contribution in [3.63, 3.8) is 0 Å². The van der Waals surface area contributed by atoms with Gasteiger partial charge in [0.15, 0.2) is 0 Å². The van der Waals surface area contributed by atoms with Gasteiger partial charge in [-0.25, -0.2) is 4.98 Å². The van der Waals surface area contributed by atoms with Crippen LogP contribution in [-0.4, -0.2) is 12.0 Å². The van der Waals surface area contributed by atoms with Crippen molar-refractivity contribution in [2.75, 3.05) is 12.4 Å². The Morgan fingerprint density at radius 3 is 2.48 bits per heavy atom. The van der Waals surface area contributed by atoms with Crippen molar-refractivity contribution in [2.24, 2.45) is 0 Å². The van der Waals surface area contributed by atoms with E-state index in [4.69, 9.17) is 4.74 Å². The van der Waals surface area contributed by atoms with Crippen LogP contribution in [0.1, 0.15) is 37.5 Å². The maximum atomic E-state index is 6.04. The van der Waals surface area contributed by atoms with E-state index in [0.29, 0.717) is 6.61 Å². The van der Waals surface area contributed by atoms with Crippen molar-refractivity contribution in [1.82, 2.24) is 4.98 Å². The first-order chi connectivity index (χ1) is 9.90. The summed E-state index contributed by atoms with van der Waals surface area (Å²) in [5, 5.41) is 3.01. The standard InChI is InChI=1S/C18H24N2O/c1-13-6-8-15(18(2,3)4)16(10-13)21-12-14-7-9-17(19-5)20-11-14/h6-11H,12H2,1-5H3,(H,19,20). The van der Waals surface area contributed by atoms with Crippen LogP contribution in [0.4, 0.5) is 5.82 Å². The summed E-state index contributed by atoms with van der Waals surface area (Å²) in [6.45, 7) is 9.22. The second-order valence-corrected chi connectivity index (χ2v) is 6.34. The number of benzene rings is 1. The smallest absolute Gasteiger partial charge is 0.125 e. The third-order valence-corrected chi connectivity index (χ3v) is 3.42. The van der Waals surface area contributed by atoms with Gasteiger partial charge in [0.1, 0.15) is 18.2 Å². The summed E-state index contributed by atoms with van der Waals surface area (Å²) < 4.78 is 6.04. The predicted molar refractivity (Wildman–Crippen MR) is 88.0 cm³/mol. The number of anilines is 1. The minimum atomic E-state index is 0.0667. The largest absolute Gasteiger partial charge is 0.489 e. The normalized spacial score (nSPS) is 11.3. The Hall–Kier alpha value is -2.03. The van der Waals surface area contributed by atoms with E-state index in [0.717, 1.165) is 17.1 Å². The number of nitrogens with zero attached hydrogens (tertiary/aromatic N) is 1. The van der Waals surface area contributed by atoms with Crippen LogP contribution in [0.5, 0.6) is 5.75 Å². The molecule has 0 atom stereocenters. The molecule has 0 spiro atoms. The van der Waals surface area contributed by atoms with Gasteiger partial charge in [0.05, 0.1) is 0 Å². The van der Waals surface area contributed by atoms with Crippen LogP contribution in [0.3, 0.4) is 0 Å². The molecule has 0 bridgehead atoms. The fourth-order valence-corrected chi connectivity index (χ4v) is 2.19. The molecule has 0 radical (unpaired) electrons. The van der Waals surface area contributed by atoms with Gasteiger partial charge in [0, 0.05) is 18.8 Å². The first-order valence-electron chi connectivity index (χ1n) is 7.27. The van der Waals surface area contributed by atoms with E-state index < -0.39 is 0 Å². The van der Waals surface area contributed by atoms with Crippen LogP contribution >= 0.6 is 0 Å². The monoisotopic (exact) mass is 284 g/mol. The molecular formula is C18H24N2O. The molecule has 1 heterocycles. The van der Waals surface area contributed by atoms with Gasteiger partial charge in [-0.2, -0.15) is 0 Å². The Bertz CT molecular complexity index is 598. The lowest BCUT2D eigenvalue weighted by molar-refractivity contribution is 0.297. The zero-order valence-corrected chi connectivity index (χ0v) is 13.5. The van der Waals surface area contributed by atoms with Gasteiger partial charge in [-0.05, 0) is 35.6 Å². The van der Waals surface area contributed by atoms with E-state index >= 15 is 0 Å². The maximum Gasteiger partial charge on any atom is 0.125 e. The molecule has 0 fully saturated rings. The van der Waals surface area contributed by atoms with E-state index in [-0.39, 0.29) is 5.41 Å². The van der Waals surface area contributed by atoms with Crippen LogP contribution in [0.15, 0.2) is 36.5 Å². The summed E-state index contributed by atoms with van der Waals surface area (Å²) in [5.41, 5.74) is 3.57. The molecule has 0 aliphatic rings. The summed E-state index contributed by atoms with van der Waals surface area (Å²) in [6.07, 6.45) is 1.85. The van der Waals surface area contributed by atoms with Crippen molar-refractivity contribution in [3.8, 4) is 5.75 Å². The average Bonchev–Trinajstić information content (AvgIpc) is 2.44. The minimum absolute atomic E-state index is 0.0667. The molecule has 0 aliphatic heterocycles. The lowest BCUT2D eigenvalue weighted by Crippen LogP contribution is -2.13. The van der Waals surface area contributed by atoms with Crippen LogP contribution < -0.4 is 10.1 Å². The highest BCUT2D eigenvalue weighted by Gasteiger charge is 2.19. The fourth-order valence-electron chi connectivity index (χ4n) is 2.19. The Kier molecular flexibility index (Phi) is 4.51. The molecular weight excluding hydrogens is 260 g/mol. The zero-order valence-electron chi connectivity index (χ0n) is 13.5. The summed E-state index contributed by atoms with van der Waals surface area (Å²) >= 11 is 0. The molecule has 3 heteroatoms. The summed E-state index contributed by atoms with van der Waals surface area (Å²) in [5.74, 6) is 1.82.